The van der Waals surface area contributed by atoms with Gasteiger partial charge in [-0.05, 0) is 42.0 Å². The molecule has 0 spiro atoms. The van der Waals surface area contributed by atoms with Crippen molar-refractivity contribution in [3.05, 3.63) is 65.8 Å². The first-order valence-corrected chi connectivity index (χ1v) is 7.71. The second kappa shape index (κ2) is 5.63. The minimum Gasteiger partial charge on any atom is -0.494 e. The Morgan fingerprint density at radius 1 is 1.04 bits per heavy atom. The van der Waals surface area contributed by atoms with Gasteiger partial charge in [0.1, 0.15) is 11.3 Å². The number of hydrogen-bond donors (Lipinski definition) is 2. The van der Waals surface area contributed by atoms with E-state index in [-0.39, 0.29) is 5.75 Å². The molecular weight excluding hydrogens is 319 g/mol. The molecule has 1 aliphatic carbocycles. The molecule has 1 aliphatic heterocycles. The molecule has 0 saturated heterocycles. The van der Waals surface area contributed by atoms with Crippen molar-refractivity contribution in [2.75, 3.05) is 12.8 Å². The van der Waals surface area contributed by atoms with Gasteiger partial charge in [-0.15, -0.1) is 0 Å². The van der Waals surface area contributed by atoms with Crippen molar-refractivity contribution in [2.45, 2.75) is 0 Å². The fraction of sp³-hybridized carbons (Fsp3) is 0.0500. The SMILES string of the molecule is COc1ccc(-c2c3ccc(=N)cc-3oc3cc(N)ccc23)cc1F. The molecule has 2 aliphatic rings. The molecule has 0 saturated carbocycles. The molecule has 25 heavy (non-hydrogen) atoms. The molecule has 0 radical (unpaired) electrons. The Balaban J connectivity index is 2.13. The highest BCUT2D eigenvalue weighted by Gasteiger charge is 2.18. The van der Waals surface area contributed by atoms with E-state index >= 15 is 0 Å². The number of halogens is 1. The van der Waals surface area contributed by atoms with Gasteiger partial charge in [-0.25, -0.2) is 4.39 Å². The highest BCUT2D eigenvalue weighted by Crippen LogP contribution is 2.41. The zero-order valence-corrected chi connectivity index (χ0v) is 13.5. The number of hydrogen-bond acceptors (Lipinski definition) is 4. The van der Waals surface area contributed by atoms with Crippen molar-refractivity contribution in [3.8, 4) is 28.2 Å². The van der Waals surface area contributed by atoms with Gasteiger partial charge in [0.2, 0.25) is 0 Å². The van der Waals surface area contributed by atoms with Crippen LogP contribution in [0, 0.1) is 11.2 Å². The largest absolute Gasteiger partial charge is 0.494 e. The van der Waals surface area contributed by atoms with Gasteiger partial charge in [0, 0.05) is 34.3 Å². The minimum atomic E-state index is -0.436. The number of methoxy groups -OCH3 is 1. The number of rotatable bonds is 2. The maximum absolute atomic E-state index is 14.3. The van der Waals surface area contributed by atoms with Crippen LogP contribution in [0.15, 0.2) is 59.0 Å². The number of anilines is 1. The van der Waals surface area contributed by atoms with E-state index in [0.29, 0.717) is 28.0 Å². The Hall–Kier alpha value is -3.34. The molecule has 0 amide bonds. The fourth-order valence-electron chi connectivity index (χ4n) is 3.04. The van der Waals surface area contributed by atoms with E-state index in [1.807, 2.05) is 12.1 Å². The number of nitrogens with two attached hydrogens (primary N) is 1. The molecule has 0 fully saturated rings. The van der Waals surface area contributed by atoms with Crippen LogP contribution >= 0.6 is 0 Å². The average Bonchev–Trinajstić information content (AvgIpc) is 2.59. The third kappa shape index (κ3) is 2.50. The summed E-state index contributed by atoms with van der Waals surface area (Å²) in [4.78, 5) is 0. The topological polar surface area (TPSA) is 72.2 Å². The second-order valence-electron chi connectivity index (χ2n) is 5.79. The minimum absolute atomic E-state index is 0.190. The van der Waals surface area contributed by atoms with Crippen LogP contribution in [0.25, 0.3) is 33.4 Å². The summed E-state index contributed by atoms with van der Waals surface area (Å²) in [6, 6.07) is 15.4. The van der Waals surface area contributed by atoms with Crippen molar-refractivity contribution >= 4 is 16.7 Å². The van der Waals surface area contributed by atoms with Crippen LogP contribution in [0.2, 0.25) is 0 Å². The van der Waals surface area contributed by atoms with E-state index in [9.17, 15) is 4.39 Å². The van der Waals surface area contributed by atoms with Gasteiger partial charge in [-0.1, -0.05) is 6.07 Å². The van der Waals surface area contributed by atoms with Crippen LogP contribution in [0.3, 0.4) is 0 Å². The van der Waals surface area contributed by atoms with Crippen LogP contribution < -0.4 is 15.8 Å². The lowest BCUT2D eigenvalue weighted by atomic mass is 9.93. The first-order valence-electron chi connectivity index (χ1n) is 7.71. The molecular formula is C20H15FN2O2. The first-order chi connectivity index (χ1) is 12.1. The van der Waals surface area contributed by atoms with Crippen molar-refractivity contribution in [1.82, 2.24) is 0 Å². The van der Waals surface area contributed by atoms with Gasteiger partial charge >= 0.3 is 0 Å². The zero-order valence-electron chi connectivity index (χ0n) is 13.5. The predicted octanol–water partition coefficient (Wildman–Crippen LogP) is 4.41. The van der Waals surface area contributed by atoms with E-state index in [1.54, 1.807) is 36.4 Å². The summed E-state index contributed by atoms with van der Waals surface area (Å²) in [5, 5.41) is 8.99. The molecule has 3 N–H and O–H groups in total. The average molecular weight is 334 g/mol. The van der Waals surface area contributed by atoms with Gasteiger partial charge in [-0.2, -0.15) is 0 Å². The van der Waals surface area contributed by atoms with E-state index in [1.165, 1.54) is 13.2 Å². The third-order valence-electron chi connectivity index (χ3n) is 4.19. The summed E-state index contributed by atoms with van der Waals surface area (Å²) in [7, 11) is 1.43. The maximum Gasteiger partial charge on any atom is 0.165 e. The molecule has 0 bridgehead atoms. The molecule has 2 aromatic rings. The second-order valence-corrected chi connectivity index (χ2v) is 5.79. The lowest BCUT2D eigenvalue weighted by Gasteiger charge is -2.16. The van der Waals surface area contributed by atoms with E-state index in [0.717, 1.165) is 16.5 Å². The molecule has 0 unspecified atom stereocenters. The number of nitrogen functional groups attached to an aromatic ring is 1. The van der Waals surface area contributed by atoms with Crippen LogP contribution in [0.4, 0.5) is 10.1 Å². The third-order valence-corrected chi connectivity index (χ3v) is 4.19. The highest BCUT2D eigenvalue weighted by atomic mass is 19.1. The van der Waals surface area contributed by atoms with Crippen molar-refractivity contribution in [2.24, 2.45) is 0 Å². The highest BCUT2D eigenvalue weighted by molar-refractivity contribution is 6.02. The summed E-state index contributed by atoms with van der Waals surface area (Å²) in [5.74, 6) is 0.308. The Kier molecular flexibility index (Phi) is 3.42. The number of fused-ring (bicyclic) bond motifs is 2. The lowest BCUT2D eigenvalue weighted by molar-refractivity contribution is 0.386. The quantitative estimate of drug-likeness (QED) is 0.421. The van der Waals surface area contributed by atoms with Crippen molar-refractivity contribution in [3.63, 3.8) is 0 Å². The molecule has 124 valence electrons. The smallest absolute Gasteiger partial charge is 0.165 e. The van der Waals surface area contributed by atoms with Crippen molar-refractivity contribution in [1.29, 1.82) is 5.41 Å². The molecule has 4 rings (SSSR count). The van der Waals surface area contributed by atoms with E-state index < -0.39 is 5.82 Å². The molecule has 4 nitrogen and oxygen atoms in total. The summed E-state index contributed by atoms with van der Waals surface area (Å²) in [6.45, 7) is 0. The fourth-order valence-corrected chi connectivity index (χ4v) is 3.04. The molecule has 0 atom stereocenters. The number of nitrogens with one attached hydrogen (secondary N) is 1. The molecule has 2 aromatic carbocycles. The van der Waals surface area contributed by atoms with Gasteiger partial charge in [0.15, 0.2) is 11.6 Å². The Labute approximate surface area is 143 Å². The standard InChI is InChI=1S/C20H15FN2O2/c1-24-17-7-2-11(8-16(17)21)20-14-5-3-12(22)9-18(14)25-19-10-13(23)4-6-15(19)20/h2-10,22H,23H2,1H3. The Morgan fingerprint density at radius 3 is 2.64 bits per heavy atom. The maximum atomic E-state index is 14.3. The summed E-state index contributed by atoms with van der Waals surface area (Å²) in [5.41, 5.74) is 9.37. The van der Waals surface area contributed by atoms with E-state index in [4.69, 9.17) is 20.3 Å². The van der Waals surface area contributed by atoms with Gasteiger partial charge in [-0.3, -0.25) is 0 Å². The normalized spacial score (nSPS) is 11.1. The molecule has 1 heterocycles. The first kappa shape index (κ1) is 15.2. The lowest BCUT2D eigenvalue weighted by Crippen LogP contribution is -2.00. The van der Waals surface area contributed by atoms with Crippen molar-refractivity contribution < 1.29 is 13.5 Å². The predicted molar refractivity (Wildman–Crippen MR) is 95.0 cm³/mol. The molecule has 5 heteroatoms. The molecule has 0 aromatic heterocycles. The number of ether oxygens (including phenoxy) is 1. The van der Waals surface area contributed by atoms with Crippen LogP contribution in [-0.2, 0) is 0 Å². The van der Waals surface area contributed by atoms with Crippen LogP contribution in [0.1, 0.15) is 0 Å². The zero-order chi connectivity index (χ0) is 17.6. The van der Waals surface area contributed by atoms with Gasteiger partial charge < -0.3 is 20.3 Å². The summed E-state index contributed by atoms with van der Waals surface area (Å²) >= 11 is 0. The Morgan fingerprint density at radius 2 is 1.88 bits per heavy atom. The summed E-state index contributed by atoms with van der Waals surface area (Å²) < 4.78 is 25.2. The van der Waals surface area contributed by atoms with Gasteiger partial charge in [0.05, 0.1) is 12.5 Å². The monoisotopic (exact) mass is 334 g/mol. The number of benzene rings is 3. The summed E-state index contributed by atoms with van der Waals surface area (Å²) in [6.07, 6.45) is 0. The Bertz CT molecular complexity index is 1130. The van der Waals surface area contributed by atoms with Gasteiger partial charge in [0.25, 0.3) is 0 Å². The van der Waals surface area contributed by atoms with Crippen LogP contribution in [-0.4, -0.2) is 7.11 Å². The van der Waals surface area contributed by atoms with Crippen LogP contribution in [0.5, 0.6) is 5.75 Å². The van der Waals surface area contributed by atoms with E-state index in [2.05, 4.69) is 0 Å².